The van der Waals surface area contributed by atoms with E-state index in [1.165, 1.54) is 11.6 Å². The summed E-state index contributed by atoms with van der Waals surface area (Å²) in [7, 11) is 0. The van der Waals surface area contributed by atoms with E-state index in [0.29, 0.717) is 17.8 Å². The van der Waals surface area contributed by atoms with E-state index in [1.54, 1.807) is 17.9 Å². The van der Waals surface area contributed by atoms with Gasteiger partial charge in [0.15, 0.2) is 0 Å². The Balaban J connectivity index is 2.48. The molecule has 0 bridgehead atoms. The third kappa shape index (κ3) is 4.57. The van der Waals surface area contributed by atoms with Crippen LogP contribution in [-0.4, -0.2) is 29.9 Å². The molecule has 1 aromatic carbocycles. The molecular weight excluding hydrogens is 338 g/mol. The van der Waals surface area contributed by atoms with Crippen molar-refractivity contribution in [2.45, 2.75) is 45.4 Å². The minimum Gasteiger partial charge on any atom is -0.458 e. The summed E-state index contributed by atoms with van der Waals surface area (Å²) in [5.41, 5.74) is 3.35. The zero-order valence-electron chi connectivity index (χ0n) is 16.7. The Bertz CT molecular complexity index is 766. The van der Waals surface area contributed by atoms with Crippen molar-refractivity contribution in [1.29, 1.82) is 0 Å². The van der Waals surface area contributed by atoms with Gasteiger partial charge in [-0.15, -0.1) is 6.58 Å². The molecule has 4 heteroatoms. The monoisotopic (exact) mass is 367 g/mol. The number of amides is 1. The van der Waals surface area contributed by atoms with Crippen LogP contribution < -0.4 is 0 Å². The molecule has 1 amide bonds. The van der Waals surface area contributed by atoms with Crippen LogP contribution in [0.15, 0.2) is 60.8 Å². The number of allylic oxidation sites excluding steroid dienone is 1. The first-order valence-corrected chi connectivity index (χ1v) is 9.21. The van der Waals surface area contributed by atoms with Gasteiger partial charge in [0.25, 0.3) is 0 Å². The lowest BCUT2D eigenvalue weighted by Gasteiger charge is -2.34. The highest BCUT2D eigenvalue weighted by Crippen LogP contribution is 2.37. The first kappa shape index (κ1) is 20.7. The zero-order chi connectivity index (χ0) is 20.2. The summed E-state index contributed by atoms with van der Waals surface area (Å²) < 4.78 is 5.31. The molecular formula is C23H29NO3. The number of ether oxygens (including phenoxy) is 1. The molecule has 0 N–H and O–H groups in total. The largest absolute Gasteiger partial charge is 0.458 e. The van der Waals surface area contributed by atoms with Gasteiger partial charge in [0.05, 0.1) is 5.57 Å². The Hall–Kier alpha value is -2.62. The molecule has 0 spiro atoms. The average molecular weight is 367 g/mol. The lowest BCUT2D eigenvalue weighted by Crippen LogP contribution is -2.38. The Labute approximate surface area is 162 Å². The van der Waals surface area contributed by atoms with E-state index in [1.807, 2.05) is 12.1 Å². The minimum absolute atomic E-state index is 0.0161. The van der Waals surface area contributed by atoms with Gasteiger partial charge in [-0.05, 0) is 23.5 Å². The predicted octanol–water partition coefficient (Wildman–Crippen LogP) is 4.49. The van der Waals surface area contributed by atoms with Crippen LogP contribution in [0.3, 0.4) is 0 Å². The highest BCUT2D eigenvalue weighted by atomic mass is 16.5. The standard InChI is InChI=1S/C23H29NO3/c1-7-13-24-16(3)21(22(26)27-14-8-2)19(15-20(24)25)17-9-11-18(12-10-17)23(4,5)6/h7-12,19H,1-2,13-15H2,3-6H3. The maximum atomic E-state index is 12.7. The molecule has 1 unspecified atom stereocenters. The van der Waals surface area contributed by atoms with Crippen LogP contribution in [0.4, 0.5) is 0 Å². The predicted molar refractivity (Wildman–Crippen MR) is 108 cm³/mol. The molecule has 1 heterocycles. The van der Waals surface area contributed by atoms with Gasteiger partial charge in [-0.25, -0.2) is 4.79 Å². The molecule has 1 aromatic rings. The van der Waals surface area contributed by atoms with Crippen molar-refractivity contribution in [3.63, 3.8) is 0 Å². The number of benzene rings is 1. The summed E-state index contributed by atoms with van der Waals surface area (Å²) in [6, 6.07) is 8.15. The number of hydrogen-bond donors (Lipinski definition) is 0. The third-order valence-electron chi connectivity index (χ3n) is 4.87. The van der Waals surface area contributed by atoms with Crippen molar-refractivity contribution >= 4 is 11.9 Å². The molecule has 2 rings (SSSR count). The van der Waals surface area contributed by atoms with Crippen LogP contribution in [-0.2, 0) is 19.7 Å². The average Bonchev–Trinajstić information content (AvgIpc) is 2.62. The molecule has 27 heavy (non-hydrogen) atoms. The van der Waals surface area contributed by atoms with Crippen molar-refractivity contribution in [3.8, 4) is 0 Å². The molecule has 0 saturated heterocycles. The second kappa shape index (κ2) is 8.38. The Morgan fingerprint density at radius 3 is 2.37 bits per heavy atom. The lowest BCUT2D eigenvalue weighted by molar-refractivity contribution is -0.139. The highest BCUT2D eigenvalue weighted by molar-refractivity contribution is 5.96. The second-order valence-electron chi connectivity index (χ2n) is 7.81. The fourth-order valence-electron chi connectivity index (χ4n) is 3.34. The number of nitrogens with zero attached hydrogens (tertiary/aromatic N) is 1. The number of carbonyl (C=O) groups excluding carboxylic acids is 2. The number of esters is 1. The van der Waals surface area contributed by atoms with Crippen LogP contribution in [0, 0.1) is 0 Å². The summed E-state index contributed by atoms with van der Waals surface area (Å²) in [6.45, 7) is 16.1. The van der Waals surface area contributed by atoms with Crippen molar-refractivity contribution in [3.05, 3.63) is 72.0 Å². The Kier molecular flexibility index (Phi) is 6.42. The first-order chi connectivity index (χ1) is 12.7. The van der Waals surface area contributed by atoms with E-state index >= 15 is 0 Å². The van der Waals surface area contributed by atoms with E-state index in [2.05, 4.69) is 46.1 Å². The van der Waals surface area contributed by atoms with Crippen LogP contribution in [0.5, 0.6) is 0 Å². The summed E-state index contributed by atoms with van der Waals surface area (Å²) in [4.78, 5) is 27.0. The minimum atomic E-state index is -0.404. The fourth-order valence-corrected chi connectivity index (χ4v) is 3.34. The molecule has 1 aliphatic rings. The third-order valence-corrected chi connectivity index (χ3v) is 4.87. The molecule has 0 saturated carbocycles. The van der Waals surface area contributed by atoms with Crippen LogP contribution in [0.1, 0.15) is 51.2 Å². The van der Waals surface area contributed by atoms with Gasteiger partial charge in [-0.2, -0.15) is 0 Å². The van der Waals surface area contributed by atoms with Crippen molar-refractivity contribution in [2.75, 3.05) is 13.2 Å². The SMILES string of the molecule is C=CCOC(=O)C1=C(C)N(CC=C)C(=O)CC1c1ccc(C(C)(C)C)cc1. The molecule has 144 valence electrons. The quantitative estimate of drug-likeness (QED) is 0.550. The summed E-state index contributed by atoms with van der Waals surface area (Å²) in [6.07, 6.45) is 3.43. The lowest BCUT2D eigenvalue weighted by atomic mass is 9.81. The highest BCUT2D eigenvalue weighted by Gasteiger charge is 2.36. The topological polar surface area (TPSA) is 46.6 Å². The van der Waals surface area contributed by atoms with Crippen molar-refractivity contribution in [2.24, 2.45) is 0 Å². The maximum Gasteiger partial charge on any atom is 0.336 e. The molecule has 0 aliphatic carbocycles. The van der Waals surface area contributed by atoms with Gasteiger partial charge in [0, 0.05) is 24.6 Å². The molecule has 0 fully saturated rings. The van der Waals surface area contributed by atoms with Crippen LogP contribution in [0.2, 0.25) is 0 Å². The number of hydrogen-bond acceptors (Lipinski definition) is 3. The molecule has 1 aliphatic heterocycles. The van der Waals surface area contributed by atoms with E-state index in [9.17, 15) is 9.59 Å². The van der Waals surface area contributed by atoms with Crippen molar-refractivity contribution < 1.29 is 14.3 Å². The Morgan fingerprint density at radius 1 is 1.22 bits per heavy atom. The van der Waals surface area contributed by atoms with Gasteiger partial charge in [0.1, 0.15) is 6.61 Å². The zero-order valence-corrected chi connectivity index (χ0v) is 16.7. The number of rotatable bonds is 6. The second-order valence-corrected chi connectivity index (χ2v) is 7.81. The van der Waals surface area contributed by atoms with Gasteiger partial charge >= 0.3 is 5.97 Å². The first-order valence-electron chi connectivity index (χ1n) is 9.21. The van der Waals surface area contributed by atoms with E-state index in [0.717, 1.165) is 5.56 Å². The van der Waals surface area contributed by atoms with Gasteiger partial charge in [0.2, 0.25) is 5.91 Å². The van der Waals surface area contributed by atoms with Crippen LogP contribution >= 0.6 is 0 Å². The van der Waals surface area contributed by atoms with Gasteiger partial charge in [-0.1, -0.05) is 63.8 Å². The van der Waals surface area contributed by atoms with E-state index in [4.69, 9.17) is 4.74 Å². The van der Waals surface area contributed by atoms with E-state index in [-0.39, 0.29) is 30.3 Å². The molecule has 0 aromatic heterocycles. The Morgan fingerprint density at radius 2 is 1.85 bits per heavy atom. The van der Waals surface area contributed by atoms with Crippen molar-refractivity contribution in [1.82, 2.24) is 4.90 Å². The fraction of sp³-hybridized carbons (Fsp3) is 0.391. The summed E-state index contributed by atoms with van der Waals surface area (Å²) in [5.74, 6) is -0.735. The van der Waals surface area contributed by atoms with Gasteiger partial charge < -0.3 is 9.64 Å². The molecule has 4 nitrogen and oxygen atoms in total. The maximum absolute atomic E-state index is 12.7. The molecule has 1 atom stereocenters. The number of carbonyl (C=O) groups is 2. The smallest absolute Gasteiger partial charge is 0.336 e. The van der Waals surface area contributed by atoms with Gasteiger partial charge in [-0.3, -0.25) is 4.79 Å². The van der Waals surface area contributed by atoms with Crippen LogP contribution in [0.25, 0.3) is 0 Å². The summed E-state index contributed by atoms with van der Waals surface area (Å²) >= 11 is 0. The van der Waals surface area contributed by atoms with E-state index < -0.39 is 5.97 Å². The summed E-state index contributed by atoms with van der Waals surface area (Å²) in [5, 5.41) is 0. The molecule has 0 radical (unpaired) electrons. The normalized spacial score (nSPS) is 17.7.